The molecule has 0 aliphatic carbocycles. The van der Waals surface area contributed by atoms with Crippen molar-refractivity contribution in [3.63, 3.8) is 0 Å². The van der Waals surface area contributed by atoms with Crippen LogP contribution in [0.3, 0.4) is 0 Å². The molecule has 0 fully saturated rings. The van der Waals surface area contributed by atoms with Gasteiger partial charge < -0.3 is 5.11 Å². The van der Waals surface area contributed by atoms with E-state index >= 15 is 0 Å². The summed E-state index contributed by atoms with van der Waals surface area (Å²) in [6, 6.07) is 15.3. The van der Waals surface area contributed by atoms with Crippen LogP contribution in [0.4, 0.5) is 0 Å². The third-order valence-electron chi connectivity index (χ3n) is 2.91. The van der Waals surface area contributed by atoms with Crippen molar-refractivity contribution in [3.8, 4) is 10.4 Å². The Morgan fingerprint density at radius 1 is 1.11 bits per heavy atom. The van der Waals surface area contributed by atoms with Crippen LogP contribution in [0.5, 0.6) is 0 Å². The Hall–Kier alpha value is -1.84. The van der Waals surface area contributed by atoms with Gasteiger partial charge in [-0.25, -0.2) is 4.79 Å². The lowest BCUT2D eigenvalue weighted by Crippen LogP contribution is -1.96. The first-order chi connectivity index (χ1) is 9.15. The SMILES string of the molecule is O=C(O)c1ccc(-c2cc3ccccc3s2)cc1Cl. The van der Waals surface area contributed by atoms with Crippen molar-refractivity contribution in [2.75, 3.05) is 0 Å². The van der Waals surface area contributed by atoms with Crippen molar-refractivity contribution in [2.24, 2.45) is 0 Å². The van der Waals surface area contributed by atoms with Crippen LogP contribution in [-0.2, 0) is 0 Å². The van der Waals surface area contributed by atoms with Gasteiger partial charge in [0.1, 0.15) is 0 Å². The van der Waals surface area contributed by atoms with E-state index < -0.39 is 5.97 Å². The Labute approximate surface area is 118 Å². The van der Waals surface area contributed by atoms with Crippen molar-refractivity contribution >= 4 is 39.0 Å². The van der Waals surface area contributed by atoms with Gasteiger partial charge in [-0.3, -0.25) is 0 Å². The van der Waals surface area contributed by atoms with Crippen LogP contribution in [0.2, 0.25) is 5.02 Å². The maximum atomic E-state index is 10.9. The molecule has 4 heteroatoms. The molecule has 1 aromatic heterocycles. The van der Waals surface area contributed by atoms with E-state index in [1.807, 2.05) is 12.1 Å². The number of carbonyl (C=O) groups is 1. The molecular formula is C15H9ClO2S. The van der Waals surface area contributed by atoms with Gasteiger partial charge in [-0.15, -0.1) is 11.3 Å². The number of hydrogen-bond acceptors (Lipinski definition) is 2. The lowest BCUT2D eigenvalue weighted by atomic mass is 10.1. The molecule has 0 aliphatic heterocycles. The lowest BCUT2D eigenvalue weighted by molar-refractivity contribution is 0.0697. The molecule has 1 heterocycles. The largest absolute Gasteiger partial charge is 0.478 e. The standard InChI is InChI=1S/C15H9ClO2S/c16-12-7-10(5-6-11(12)15(17)18)14-8-9-3-1-2-4-13(9)19-14/h1-8H,(H,17,18). The zero-order valence-electron chi connectivity index (χ0n) is 9.76. The van der Waals surface area contributed by atoms with E-state index in [1.54, 1.807) is 29.5 Å². The number of fused-ring (bicyclic) bond motifs is 1. The van der Waals surface area contributed by atoms with E-state index in [4.69, 9.17) is 16.7 Å². The predicted octanol–water partition coefficient (Wildman–Crippen LogP) is 4.92. The smallest absolute Gasteiger partial charge is 0.337 e. The van der Waals surface area contributed by atoms with Gasteiger partial charge in [0, 0.05) is 9.58 Å². The fraction of sp³-hybridized carbons (Fsp3) is 0. The van der Waals surface area contributed by atoms with Gasteiger partial charge in [-0.05, 0) is 35.2 Å². The van der Waals surface area contributed by atoms with Gasteiger partial charge in [0.15, 0.2) is 0 Å². The maximum Gasteiger partial charge on any atom is 0.337 e. The van der Waals surface area contributed by atoms with Crippen molar-refractivity contribution in [1.29, 1.82) is 0 Å². The number of carboxylic acid groups (broad SMARTS) is 1. The summed E-state index contributed by atoms with van der Waals surface area (Å²) in [7, 11) is 0. The molecule has 0 unspecified atom stereocenters. The molecule has 0 saturated carbocycles. The third kappa shape index (κ3) is 2.23. The second kappa shape index (κ2) is 4.68. The number of benzene rings is 2. The van der Waals surface area contributed by atoms with Crippen molar-refractivity contribution in [2.45, 2.75) is 0 Å². The Bertz CT molecular complexity index is 744. The van der Waals surface area contributed by atoms with E-state index in [2.05, 4.69) is 18.2 Å². The van der Waals surface area contributed by atoms with Gasteiger partial charge in [0.25, 0.3) is 0 Å². The molecule has 0 aliphatic rings. The number of carboxylic acids is 1. The minimum atomic E-state index is -1.01. The summed E-state index contributed by atoms with van der Waals surface area (Å²) in [4.78, 5) is 12.0. The van der Waals surface area contributed by atoms with Crippen LogP contribution in [0.25, 0.3) is 20.5 Å². The highest BCUT2D eigenvalue weighted by molar-refractivity contribution is 7.22. The van der Waals surface area contributed by atoms with Gasteiger partial charge in [0.05, 0.1) is 10.6 Å². The second-order valence-corrected chi connectivity index (χ2v) is 5.64. The highest BCUT2D eigenvalue weighted by atomic mass is 35.5. The number of hydrogen-bond donors (Lipinski definition) is 1. The summed E-state index contributed by atoms with van der Waals surface area (Å²) in [5.41, 5.74) is 1.07. The van der Waals surface area contributed by atoms with Crippen molar-refractivity contribution in [1.82, 2.24) is 0 Å². The first-order valence-electron chi connectivity index (χ1n) is 5.67. The molecule has 0 amide bonds. The average Bonchev–Trinajstić information content (AvgIpc) is 2.81. The summed E-state index contributed by atoms with van der Waals surface area (Å²) in [6.45, 7) is 0. The highest BCUT2D eigenvalue weighted by Gasteiger charge is 2.11. The highest BCUT2D eigenvalue weighted by Crippen LogP contribution is 2.35. The molecular weight excluding hydrogens is 280 g/mol. The third-order valence-corrected chi connectivity index (χ3v) is 4.39. The van der Waals surface area contributed by atoms with Crippen LogP contribution < -0.4 is 0 Å². The van der Waals surface area contributed by atoms with Crippen LogP contribution in [0.1, 0.15) is 10.4 Å². The number of rotatable bonds is 2. The molecule has 0 radical (unpaired) electrons. The zero-order chi connectivity index (χ0) is 13.4. The Kier molecular flexibility index (Phi) is 3.01. The van der Waals surface area contributed by atoms with Crippen LogP contribution in [0, 0.1) is 0 Å². The van der Waals surface area contributed by atoms with E-state index in [-0.39, 0.29) is 10.6 Å². The van der Waals surface area contributed by atoms with Gasteiger partial charge in [-0.1, -0.05) is 35.9 Å². The zero-order valence-corrected chi connectivity index (χ0v) is 11.3. The Balaban J connectivity index is 2.11. The number of halogens is 1. The maximum absolute atomic E-state index is 10.9. The topological polar surface area (TPSA) is 37.3 Å². The summed E-state index contributed by atoms with van der Waals surface area (Å²) >= 11 is 7.66. The first-order valence-corrected chi connectivity index (χ1v) is 6.86. The quantitative estimate of drug-likeness (QED) is 0.727. The summed E-state index contributed by atoms with van der Waals surface area (Å²) in [5.74, 6) is -1.01. The average molecular weight is 289 g/mol. The fourth-order valence-electron chi connectivity index (χ4n) is 1.97. The number of thiophene rings is 1. The van der Waals surface area contributed by atoms with Crippen molar-refractivity contribution in [3.05, 3.63) is 59.1 Å². The lowest BCUT2D eigenvalue weighted by Gasteiger charge is -2.01. The van der Waals surface area contributed by atoms with Crippen LogP contribution in [-0.4, -0.2) is 11.1 Å². The first kappa shape index (κ1) is 12.2. The summed E-state index contributed by atoms with van der Waals surface area (Å²) < 4.78 is 1.20. The van der Waals surface area contributed by atoms with Crippen LogP contribution >= 0.6 is 22.9 Å². The van der Waals surface area contributed by atoms with Gasteiger partial charge >= 0.3 is 5.97 Å². The normalized spacial score (nSPS) is 10.8. The monoisotopic (exact) mass is 288 g/mol. The molecule has 0 bridgehead atoms. The molecule has 3 aromatic rings. The molecule has 0 saturated heterocycles. The molecule has 3 rings (SSSR count). The molecule has 19 heavy (non-hydrogen) atoms. The second-order valence-electron chi connectivity index (χ2n) is 4.15. The van der Waals surface area contributed by atoms with E-state index in [0.29, 0.717) is 0 Å². The minimum Gasteiger partial charge on any atom is -0.478 e. The molecule has 94 valence electrons. The van der Waals surface area contributed by atoms with Crippen LogP contribution in [0.15, 0.2) is 48.5 Å². The molecule has 0 spiro atoms. The van der Waals surface area contributed by atoms with Gasteiger partial charge in [-0.2, -0.15) is 0 Å². The van der Waals surface area contributed by atoms with E-state index in [1.165, 1.54) is 10.1 Å². The van der Waals surface area contributed by atoms with Gasteiger partial charge in [0.2, 0.25) is 0 Å². The van der Waals surface area contributed by atoms with E-state index in [9.17, 15) is 4.79 Å². The summed E-state index contributed by atoms with van der Waals surface area (Å²) in [5, 5.41) is 10.4. The fourth-order valence-corrected chi connectivity index (χ4v) is 3.29. The molecule has 2 nitrogen and oxygen atoms in total. The Morgan fingerprint density at radius 2 is 1.89 bits per heavy atom. The summed E-state index contributed by atoms with van der Waals surface area (Å²) in [6.07, 6.45) is 0. The predicted molar refractivity (Wildman–Crippen MR) is 79.2 cm³/mol. The van der Waals surface area contributed by atoms with Crippen molar-refractivity contribution < 1.29 is 9.90 Å². The number of aromatic carboxylic acids is 1. The van der Waals surface area contributed by atoms with E-state index in [0.717, 1.165) is 10.4 Å². The molecule has 2 aromatic carbocycles. The minimum absolute atomic E-state index is 0.131. The Morgan fingerprint density at radius 3 is 2.58 bits per heavy atom. The molecule has 1 N–H and O–H groups in total. The molecule has 0 atom stereocenters.